The summed E-state index contributed by atoms with van der Waals surface area (Å²) in [4.78, 5) is 27.4. The number of ether oxygens (including phenoxy) is 2. The van der Waals surface area contributed by atoms with Gasteiger partial charge >= 0.3 is 0 Å². The molecule has 0 bridgehead atoms. The molecule has 0 unspecified atom stereocenters. The van der Waals surface area contributed by atoms with Crippen LogP contribution >= 0.6 is 0 Å². The number of benzene rings is 2. The largest absolute Gasteiger partial charge is 0.454 e. The molecule has 0 aromatic heterocycles. The molecule has 1 N–H and O–H groups in total. The van der Waals surface area contributed by atoms with Crippen LogP contribution in [0.3, 0.4) is 0 Å². The molecule has 0 spiro atoms. The van der Waals surface area contributed by atoms with Crippen molar-refractivity contribution in [3.05, 3.63) is 59.2 Å². The Hall–Kier alpha value is -3.02. The Morgan fingerprint density at radius 2 is 1.90 bits per heavy atom. The number of nitrogens with zero attached hydrogens (tertiary/aromatic N) is 1. The standard InChI is InChI=1S/C24H30N2O4/c1-4-13-25-24(28)18(3)26(15-20-8-6-5-7-17(20)2)23(27)12-10-19-9-11-21-22(14-19)30-16-29-21/h5-9,11,14,18H,4,10,12-13,15-16H2,1-3H3,(H,25,28)/t18-/m1/s1. The summed E-state index contributed by atoms with van der Waals surface area (Å²) >= 11 is 0. The minimum atomic E-state index is -0.541. The second-order valence-corrected chi connectivity index (χ2v) is 7.60. The van der Waals surface area contributed by atoms with Gasteiger partial charge in [-0.3, -0.25) is 9.59 Å². The monoisotopic (exact) mass is 410 g/mol. The molecule has 6 heteroatoms. The maximum Gasteiger partial charge on any atom is 0.242 e. The maximum absolute atomic E-state index is 13.2. The zero-order valence-corrected chi connectivity index (χ0v) is 17.9. The van der Waals surface area contributed by atoms with Crippen LogP contribution in [0.25, 0.3) is 0 Å². The molecule has 0 saturated carbocycles. The topological polar surface area (TPSA) is 67.9 Å². The Morgan fingerprint density at radius 1 is 1.13 bits per heavy atom. The predicted molar refractivity (Wildman–Crippen MR) is 115 cm³/mol. The third-order valence-corrected chi connectivity index (χ3v) is 5.38. The average Bonchev–Trinajstić information content (AvgIpc) is 3.22. The van der Waals surface area contributed by atoms with Crippen LogP contribution in [-0.4, -0.2) is 36.1 Å². The molecule has 1 aliphatic rings. The van der Waals surface area contributed by atoms with Gasteiger partial charge in [-0.2, -0.15) is 0 Å². The van der Waals surface area contributed by atoms with Gasteiger partial charge in [0.05, 0.1) is 0 Å². The lowest BCUT2D eigenvalue weighted by Gasteiger charge is -2.29. The van der Waals surface area contributed by atoms with Gasteiger partial charge in [-0.1, -0.05) is 37.3 Å². The molecular formula is C24H30N2O4. The van der Waals surface area contributed by atoms with E-state index in [0.29, 0.717) is 31.7 Å². The van der Waals surface area contributed by atoms with Crippen molar-refractivity contribution in [2.24, 2.45) is 0 Å². The third-order valence-electron chi connectivity index (χ3n) is 5.38. The number of hydrogen-bond donors (Lipinski definition) is 1. The van der Waals surface area contributed by atoms with Gasteiger partial charge in [0.15, 0.2) is 11.5 Å². The number of aryl methyl sites for hydroxylation is 2. The van der Waals surface area contributed by atoms with Gasteiger partial charge in [0, 0.05) is 19.5 Å². The molecule has 0 aliphatic carbocycles. The number of rotatable bonds is 9. The van der Waals surface area contributed by atoms with Gasteiger partial charge in [-0.25, -0.2) is 0 Å². The summed E-state index contributed by atoms with van der Waals surface area (Å²) < 4.78 is 10.8. The molecule has 30 heavy (non-hydrogen) atoms. The normalized spacial score (nSPS) is 13.0. The van der Waals surface area contributed by atoms with Gasteiger partial charge < -0.3 is 19.7 Å². The van der Waals surface area contributed by atoms with Crippen LogP contribution in [0.15, 0.2) is 42.5 Å². The zero-order valence-electron chi connectivity index (χ0n) is 17.9. The highest BCUT2D eigenvalue weighted by Crippen LogP contribution is 2.32. The smallest absolute Gasteiger partial charge is 0.242 e. The fourth-order valence-corrected chi connectivity index (χ4v) is 3.44. The summed E-state index contributed by atoms with van der Waals surface area (Å²) in [6.07, 6.45) is 1.74. The summed E-state index contributed by atoms with van der Waals surface area (Å²) in [5.74, 6) is 1.27. The van der Waals surface area contributed by atoms with Crippen molar-refractivity contribution >= 4 is 11.8 Å². The number of carbonyl (C=O) groups excluding carboxylic acids is 2. The van der Waals surface area contributed by atoms with Crippen molar-refractivity contribution in [1.29, 1.82) is 0 Å². The Labute approximate surface area is 178 Å². The maximum atomic E-state index is 13.2. The predicted octanol–water partition coefficient (Wildman–Crippen LogP) is 3.60. The van der Waals surface area contributed by atoms with Crippen LogP contribution < -0.4 is 14.8 Å². The molecule has 2 aromatic rings. The van der Waals surface area contributed by atoms with E-state index in [4.69, 9.17) is 9.47 Å². The van der Waals surface area contributed by atoms with Crippen molar-refractivity contribution in [1.82, 2.24) is 10.2 Å². The lowest BCUT2D eigenvalue weighted by atomic mass is 10.1. The number of nitrogens with one attached hydrogen (secondary N) is 1. The first-order valence-electron chi connectivity index (χ1n) is 10.5. The number of amides is 2. The molecule has 1 aliphatic heterocycles. The van der Waals surface area contributed by atoms with Crippen LogP contribution in [-0.2, 0) is 22.6 Å². The van der Waals surface area contributed by atoms with Crippen molar-refractivity contribution in [3.63, 3.8) is 0 Å². The van der Waals surface area contributed by atoms with Gasteiger partial charge in [0.2, 0.25) is 18.6 Å². The van der Waals surface area contributed by atoms with Crippen LogP contribution in [0.1, 0.15) is 43.4 Å². The Kier molecular flexibility index (Phi) is 7.33. The molecule has 1 atom stereocenters. The van der Waals surface area contributed by atoms with E-state index in [2.05, 4.69) is 5.32 Å². The molecular weight excluding hydrogens is 380 g/mol. The lowest BCUT2D eigenvalue weighted by Crippen LogP contribution is -2.47. The molecule has 0 fully saturated rings. The number of carbonyl (C=O) groups is 2. The second kappa shape index (κ2) is 10.1. The van der Waals surface area contributed by atoms with E-state index in [9.17, 15) is 9.59 Å². The molecule has 2 amide bonds. The average molecular weight is 411 g/mol. The van der Waals surface area contributed by atoms with Crippen LogP contribution in [0, 0.1) is 6.92 Å². The molecule has 1 heterocycles. The van der Waals surface area contributed by atoms with Gasteiger partial charge in [-0.15, -0.1) is 0 Å². The fraction of sp³-hybridized carbons (Fsp3) is 0.417. The van der Waals surface area contributed by atoms with E-state index in [0.717, 1.165) is 28.9 Å². The number of hydrogen-bond acceptors (Lipinski definition) is 4. The highest BCUT2D eigenvalue weighted by molar-refractivity contribution is 5.87. The molecule has 2 aromatic carbocycles. The third kappa shape index (κ3) is 5.32. The second-order valence-electron chi connectivity index (χ2n) is 7.60. The summed E-state index contributed by atoms with van der Waals surface area (Å²) in [5.41, 5.74) is 3.16. The minimum Gasteiger partial charge on any atom is -0.454 e. The van der Waals surface area contributed by atoms with Gasteiger partial charge in [-0.05, 0) is 55.5 Å². The SMILES string of the molecule is CCCNC(=O)[C@@H](C)N(Cc1ccccc1C)C(=O)CCc1ccc2c(c1)OCO2. The van der Waals surface area contributed by atoms with Gasteiger partial charge in [0.25, 0.3) is 0 Å². The highest BCUT2D eigenvalue weighted by atomic mass is 16.7. The molecule has 160 valence electrons. The quantitative estimate of drug-likeness (QED) is 0.686. The zero-order chi connectivity index (χ0) is 21.5. The van der Waals surface area contributed by atoms with Crippen molar-refractivity contribution in [3.8, 4) is 11.5 Å². The van der Waals surface area contributed by atoms with Crippen LogP contribution in [0.5, 0.6) is 11.5 Å². The Balaban J connectivity index is 1.71. The Bertz CT molecular complexity index is 897. The van der Waals surface area contributed by atoms with E-state index in [1.165, 1.54) is 0 Å². The van der Waals surface area contributed by atoms with E-state index < -0.39 is 6.04 Å². The van der Waals surface area contributed by atoms with Crippen molar-refractivity contribution in [2.75, 3.05) is 13.3 Å². The van der Waals surface area contributed by atoms with Gasteiger partial charge in [0.1, 0.15) is 6.04 Å². The molecule has 3 rings (SSSR count). The van der Waals surface area contributed by atoms with Crippen LogP contribution in [0.4, 0.5) is 0 Å². The molecule has 0 radical (unpaired) electrons. The van der Waals surface area contributed by atoms with Crippen molar-refractivity contribution < 1.29 is 19.1 Å². The van der Waals surface area contributed by atoms with E-state index in [-0.39, 0.29) is 18.6 Å². The first kappa shape index (κ1) is 21.7. The molecule has 0 saturated heterocycles. The first-order chi connectivity index (χ1) is 14.5. The number of fused-ring (bicyclic) bond motifs is 1. The van der Waals surface area contributed by atoms with Crippen molar-refractivity contribution in [2.45, 2.75) is 52.6 Å². The summed E-state index contributed by atoms with van der Waals surface area (Å²) in [6, 6.07) is 13.1. The lowest BCUT2D eigenvalue weighted by molar-refractivity contribution is -0.140. The molecule has 6 nitrogen and oxygen atoms in total. The van der Waals surface area contributed by atoms with E-state index >= 15 is 0 Å². The summed E-state index contributed by atoms with van der Waals surface area (Å²) in [6.45, 7) is 7.06. The summed E-state index contributed by atoms with van der Waals surface area (Å²) in [7, 11) is 0. The van der Waals surface area contributed by atoms with E-state index in [1.807, 2.05) is 56.3 Å². The van der Waals surface area contributed by atoms with E-state index in [1.54, 1.807) is 11.8 Å². The first-order valence-corrected chi connectivity index (χ1v) is 10.5. The van der Waals surface area contributed by atoms with Crippen LogP contribution in [0.2, 0.25) is 0 Å². The summed E-state index contributed by atoms with van der Waals surface area (Å²) in [5, 5.41) is 2.91. The minimum absolute atomic E-state index is 0.0462. The Morgan fingerprint density at radius 3 is 2.67 bits per heavy atom. The fourth-order valence-electron chi connectivity index (χ4n) is 3.44. The highest BCUT2D eigenvalue weighted by Gasteiger charge is 2.26.